The third-order valence-electron chi connectivity index (χ3n) is 2.94. The Kier molecular flexibility index (Phi) is 3.53. The van der Waals surface area contributed by atoms with E-state index in [0.717, 1.165) is 0 Å². The van der Waals surface area contributed by atoms with Crippen molar-refractivity contribution in [3.63, 3.8) is 0 Å². The molecule has 4 nitrogen and oxygen atoms in total. The SMILES string of the molecule is N#Cc1ccc(N2CC(CC(=O)O)C2)c(F)c1Br. The molecule has 0 spiro atoms. The van der Waals surface area contributed by atoms with Crippen LogP contribution < -0.4 is 4.90 Å². The van der Waals surface area contributed by atoms with Gasteiger partial charge in [0, 0.05) is 19.0 Å². The number of anilines is 1. The van der Waals surface area contributed by atoms with E-state index >= 15 is 0 Å². The van der Waals surface area contributed by atoms with Gasteiger partial charge in [-0.15, -0.1) is 0 Å². The van der Waals surface area contributed by atoms with Gasteiger partial charge >= 0.3 is 5.97 Å². The quantitative estimate of drug-likeness (QED) is 0.930. The smallest absolute Gasteiger partial charge is 0.303 e. The van der Waals surface area contributed by atoms with E-state index in [1.165, 1.54) is 0 Å². The Morgan fingerprint density at radius 3 is 2.83 bits per heavy atom. The molecule has 1 aliphatic heterocycles. The number of carboxylic acids is 1. The predicted octanol–water partition coefficient (Wildman–Crippen LogP) is 2.37. The van der Waals surface area contributed by atoms with Gasteiger partial charge in [0.1, 0.15) is 6.07 Å². The first kappa shape index (κ1) is 12.8. The summed E-state index contributed by atoms with van der Waals surface area (Å²) in [6.45, 7) is 1.06. The first-order valence-corrected chi connectivity index (χ1v) is 6.17. The molecular formula is C12H10BrFN2O2. The maximum Gasteiger partial charge on any atom is 0.303 e. The zero-order chi connectivity index (χ0) is 13.3. The van der Waals surface area contributed by atoms with E-state index in [2.05, 4.69) is 15.9 Å². The molecule has 0 bridgehead atoms. The molecule has 0 aliphatic carbocycles. The Hall–Kier alpha value is -1.61. The van der Waals surface area contributed by atoms with Crippen LogP contribution in [0.1, 0.15) is 12.0 Å². The number of aliphatic carboxylic acids is 1. The second-order valence-electron chi connectivity index (χ2n) is 4.24. The molecule has 1 aromatic carbocycles. The lowest BCUT2D eigenvalue weighted by Crippen LogP contribution is -2.48. The normalized spacial score (nSPS) is 15.1. The molecule has 0 aromatic heterocycles. The molecule has 1 heterocycles. The summed E-state index contributed by atoms with van der Waals surface area (Å²) in [5.41, 5.74) is 0.654. The topological polar surface area (TPSA) is 64.3 Å². The van der Waals surface area contributed by atoms with Crippen molar-refractivity contribution in [3.05, 3.63) is 28.0 Å². The summed E-state index contributed by atoms with van der Waals surface area (Å²) < 4.78 is 14.1. The van der Waals surface area contributed by atoms with Crippen molar-refractivity contribution in [3.8, 4) is 6.07 Å². The van der Waals surface area contributed by atoms with Gasteiger partial charge in [-0.2, -0.15) is 5.26 Å². The summed E-state index contributed by atoms with van der Waals surface area (Å²) in [6, 6.07) is 4.99. The highest BCUT2D eigenvalue weighted by molar-refractivity contribution is 9.10. The number of halogens is 2. The molecule has 0 atom stereocenters. The van der Waals surface area contributed by atoms with Crippen LogP contribution in [0, 0.1) is 23.1 Å². The summed E-state index contributed by atoms with van der Waals surface area (Å²) in [6.07, 6.45) is 0.107. The van der Waals surface area contributed by atoms with Gasteiger partial charge in [0.05, 0.1) is 22.1 Å². The number of benzene rings is 1. The summed E-state index contributed by atoms with van der Waals surface area (Å²) in [4.78, 5) is 12.3. The van der Waals surface area contributed by atoms with Gasteiger partial charge in [0.25, 0.3) is 0 Å². The number of carbonyl (C=O) groups is 1. The number of hydrogen-bond acceptors (Lipinski definition) is 3. The lowest BCUT2D eigenvalue weighted by Gasteiger charge is -2.40. The van der Waals surface area contributed by atoms with Crippen LogP contribution in [0.3, 0.4) is 0 Å². The highest BCUT2D eigenvalue weighted by Gasteiger charge is 2.31. The fourth-order valence-electron chi connectivity index (χ4n) is 2.01. The van der Waals surface area contributed by atoms with Crippen molar-refractivity contribution < 1.29 is 14.3 Å². The van der Waals surface area contributed by atoms with Gasteiger partial charge in [-0.1, -0.05) is 0 Å². The molecule has 1 N–H and O–H groups in total. The molecule has 1 aromatic rings. The predicted molar refractivity (Wildman–Crippen MR) is 66.8 cm³/mol. The number of rotatable bonds is 3. The number of carboxylic acid groups (broad SMARTS) is 1. The van der Waals surface area contributed by atoms with Gasteiger partial charge in [0.15, 0.2) is 5.82 Å². The average Bonchev–Trinajstić information content (AvgIpc) is 2.27. The van der Waals surface area contributed by atoms with Gasteiger partial charge in [0.2, 0.25) is 0 Å². The first-order valence-electron chi connectivity index (χ1n) is 5.37. The van der Waals surface area contributed by atoms with Gasteiger partial charge in [-0.3, -0.25) is 4.79 Å². The van der Waals surface area contributed by atoms with Gasteiger partial charge in [-0.05, 0) is 28.1 Å². The Morgan fingerprint density at radius 1 is 1.61 bits per heavy atom. The summed E-state index contributed by atoms with van der Waals surface area (Å²) >= 11 is 3.05. The largest absolute Gasteiger partial charge is 0.481 e. The Bertz CT molecular complexity index is 536. The molecule has 0 unspecified atom stereocenters. The van der Waals surface area contributed by atoms with Crippen LogP contribution in [0.15, 0.2) is 16.6 Å². The lowest BCUT2D eigenvalue weighted by molar-refractivity contribution is -0.138. The molecule has 0 saturated carbocycles. The minimum absolute atomic E-state index is 0.0660. The first-order chi connectivity index (χ1) is 8.52. The van der Waals surface area contributed by atoms with Crippen molar-refractivity contribution in [2.75, 3.05) is 18.0 Å². The summed E-state index contributed by atoms with van der Waals surface area (Å²) in [5, 5.41) is 17.4. The van der Waals surface area contributed by atoms with Crippen LogP contribution in [-0.4, -0.2) is 24.2 Å². The van der Waals surface area contributed by atoms with E-state index in [1.54, 1.807) is 17.0 Å². The van der Waals surface area contributed by atoms with Crippen molar-refractivity contribution in [1.29, 1.82) is 5.26 Å². The average molecular weight is 313 g/mol. The molecule has 2 rings (SSSR count). The van der Waals surface area contributed by atoms with Crippen LogP contribution in [0.5, 0.6) is 0 Å². The molecular weight excluding hydrogens is 303 g/mol. The number of nitrogens with zero attached hydrogens (tertiary/aromatic N) is 2. The van der Waals surface area contributed by atoms with Crippen LogP contribution in [0.2, 0.25) is 0 Å². The second kappa shape index (κ2) is 4.94. The van der Waals surface area contributed by atoms with Crippen molar-refractivity contribution in [2.45, 2.75) is 6.42 Å². The van der Waals surface area contributed by atoms with E-state index in [-0.39, 0.29) is 22.4 Å². The molecule has 0 radical (unpaired) electrons. The Morgan fingerprint density at radius 2 is 2.28 bits per heavy atom. The van der Waals surface area contributed by atoms with E-state index in [1.807, 2.05) is 6.07 Å². The Balaban J connectivity index is 2.11. The maximum absolute atomic E-state index is 14.0. The highest BCUT2D eigenvalue weighted by atomic mass is 79.9. The Labute approximate surface area is 112 Å². The standard InChI is InChI=1S/C12H10BrFN2O2/c13-11-8(4-15)1-2-9(12(11)14)16-5-7(6-16)3-10(17)18/h1-2,7H,3,5-6H2,(H,17,18). The summed E-state index contributed by atoms with van der Waals surface area (Å²) in [5.74, 6) is -1.24. The van der Waals surface area contributed by atoms with E-state index in [0.29, 0.717) is 18.8 Å². The lowest BCUT2D eigenvalue weighted by atomic mass is 9.95. The molecule has 94 valence electrons. The molecule has 6 heteroatoms. The molecule has 18 heavy (non-hydrogen) atoms. The summed E-state index contributed by atoms with van der Waals surface area (Å²) in [7, 11) is 0. The van der Waals surface area contributed by atoms with Crippen molar-refractivity contribution in [2.24, 2.45) is 5.92 Å². The number of hydrogen-bond donors (Lipinski definition) is 1. The molecule has 0 amide bonds. The van der Waals surface area contributed by atoms with Crippen molar-refractivity contribution >= 4 is 27.6 Å². The van der Waals surface area contributed by atoms with Crippen LogP contribution in [0.4, 0.5) is 10.1 Å². The fourth-order valence-corrected chi connectivity index (χ4v) is 2.44. The second-order valence-corrected chi connectivity index (χ2v) is 5.03. The van der Waals surface area contributed by atoms with E-state index < -0.39 is 11.8 Å². The third-order valence-corrected chi connectivity index (χ3v) is 3.72. The van der Waals surface area contributed by atoms with E-state index in [4.69, 9.17) is 10.4 Å². The maximum atomic E-state index is 14.0. The monoisotopic (exact) mass is 312 g/mol. The highest BCUT2D eigenvalue weighted by Crippen LogP contribution is 2.33. The van der Waals surface area contributed by atoms with Crippen LogP contribution in [0.25, 0.3) is 0 Å². The van der Waals surface area contributed by atoms with Gasteiger partial charge in [-0.25, -0.2) is 4.39 Å². The fraction of sp³-hybridized carbons (Fsp3) is 0.333. The minimum Gasteiger partial charge on any atom is -0.481 e. The molecule has 1 aliphatic rings. The van der Waals surface area contributed by atoms with Gasteiger partial charge < -0.3 is 10.0 Å². The van der Waals surface area contributed by atoms with Crippen molar-refractivity contribution in [1.82, 2.24) is 0 Å². The zero-order valence-electron chi connectivity index (χ0n) is 9.36. The van der Waals surface area contributed by atoms with Crippen LogP contribution >= 0.6 is 15.9 Å². The van der Waals surface area contributed by atoms with E-state index in [9.17, 15) is 9.18 Å². The third kappa shape index (κ3) is 2.31. The number of nitriles is 1. The molecule has 1 fully saturated rings. The minimum atomic E-state index is -0.832. The van der Waals surface area contributed by atoms with Crippen LogP contribution in [-0.2, 0) is 4.79 Å². The zero-order valence-corrected chi connectivity index (χ0v) is 10.9. The molecule has 1 saturated heterocycles.